The van der Waals surface area contributed by atoms with E-state index in [1.54, 1.807) is 0 Å². The van der Waals surface area contributed by atoms with E-state index in [0.717, 1.165) is 25.4 Å². The third kappa shape index (κ3) is 2.52. The van der Waals surface area contributed by atoms with Gasteiger partial charge in [-0.25, -0.2) is 0 Å². The lowest BCUT2D eigenvalue weighted by molar-refractivity contribution is -0.191. The van der Waals surface area contributed by atoms with E-state index in [-0.39, 0.29) is 18.2 Å². The number of carbonyl (C=O) groups excluding carboxylic acids is 1. The van der Waals surface area contributed by atoms with Crippen molar-refractivity contribution in [3.05, 3.63) is 12.7 Å². The standard InChI is InChI=1S/C17H26O3/c1-3-12-8-9-19-17-15(20-11(2)18)10-13-6-4-5-7-14(13)16(12)17/h3,12-17H,1,4-10H2,2H3. The Morgan fingerprint density at radius 3 is 2.85 bits per heavy atom. The maximum atomic E-state index is 11.4. The Labute approximate surface area is 121 Å². The summed E-state index contributed by atoms with van der Waals surface area (Å²) in [5.74, 6) is 2.30. The van der Waals surface area contributed by atoms with Gasteiger partial charge in [-0.15, -0.1) is 6.58 Å². The molecule has 3 nitrogen and oxygen atoms in total. The van der Waals surface area contributed by atoms with Crippen LogP contribution in [0.3, 0.4) is 0 Å². The number of carbonyl (C=O) groups is 1. The molecule has 0 radical (unpaired) electrons. The second kappa shape index (κ2) is 5.88. The topological polar surface area (TPSA) is 35.5 Å². The second-order valence-electron chi connectivity index (χ2n) is 6.69. The van der Waals surface area contributed by atoms with Crippen LogP contribution in [0.25, 0.3) is 0 Å². The first-order valence-electron chi connectivity index (χ1n) is 8.12. The first-order chi connectivity index (χ1) is 9.70. The molecule has 2 aliphatic carbocycles. The number of rotatable bonds is 2. The first-order valence-corrected chi connectivity index (χ1v) is 8.12. The Balaban J connectivity index is 1.85. The van der Waals surface area contributed by atoms with E-state index in [0.29, 0.717) is 17.8 Å². The number of esters is 1. The van der Waals surface area contributed by atoms with Crippen LogP contribution in [0.4, 0.5) is 0 Å². The molecular formula is C17H26O3. The molecule has 0 bridgehead atoms. The molecule has 0 aromatic heterocycles. The van der Waals surface area contributed by atoms with Crippen molar-refractivity contribution in [1.29, 1.82) is 0 Å². The van der Waals surface area contributed by atoms with Crippen LogP contribution in [0.5, 0.6) is 0 Å². The molecule has 0 aromatic carbocycles. The van der Waals surface area contributed by atoms with Gasteiger partial charge in [0.05, 0.1) is 6.10 Å². The minimum atomic E-state index is -0.174. The predicted molar refractivity (Wildman–Crippen MR) is 77.2 cm³/mol. The van der Waals surface area contributed by atoms with Gasteiger partial charge in [-0.05, 0) is 42.9 Å². The molecule has 6 atom stereocenters. The van der Waals surface area contributed by atoms with E-state index in [2.05, 4.69) is 12.7 Å². The Kier molecular flexibility index (Phi) is 4.16. The van der Waals surface area contributed by atoms with E-state index >= 15 is 0 Å². The van der Waals surface area contributed by atoms with Crippen LogP contribution in [0.15, 0.2) is 12.7 Å². The Bertz CT molecular complexity index is 378. The van der Waals surface area contributed by atoms with Crippen molar-refractivity contribution < 1.29 is 14.3 Å². The fourth-order valence-electron chi connectivity index (χ4n) is 4.88. The first kappa shape index (κ1) is 14.1. The van der Waals surface area contributed by atoms with Crippen molar-refractivity contribution >= 4 is 5.97 Å². The molecule has 0 amide bonds. The molecule has 3 fully saturated rings. The van der Waals surface area contributed by atoms with E-state index in [9.17, 15) is 4.79 Å². The minimum Gasteiger partial charge on any atom is -0.460 e. The zero-order valence-electron chi connectivity index (χ0n) is 12.4. The molecule has 3 heteroatoms. The van der Waals surface area contributed by atoms with E-state index in [4.69, 9.17) is 9.47 Å². The molecule has 1 aliphatic heterocycles. The van der Waals surface area contributed by atoms with E-state index < -0.39 is 0 Å². The highest BCUT2D eigenvalue weighted by Gasteiger charge is 2.50. The van der Waals surface area contributed by atoms with Crippen LogP contribution >= 0.6 is 0 Å². The van der Waals surface area contributed by atoms with Crippen molar-refractivity contribution in [1.82, 2.24) is 0 Å². The molecule has 20 heavy (non-hydrogen) atoms. The molecule has 3 rings (SSSR count). The Morgan fingerprint density at radius 2 is 2.10 bits per heavy atom. The summed E-state index contributed by atoms with van der Waals surface area (Å²) in [4.78, 5) is 11.4. The molecule has 2 saturated carbocycles. The molecule has 0 spiro atoms. The highest BCUT2D eigenvalue weighted by Crippen LogP contribution is 2.50. The van der Waals surface area contributed by atoms with Crippen molar-refractivity contribution in [3.63, 3.8) is 0 Å². The van der Waals surface area contributed by atoms with Crippen molar-refractivity contribution in [2.75, 3.05) is 6.61 Å². The van der Waals surface area contributed by atoms with Crippen LogP contribution in [0.2, 0.25) is 0 Å². The van der Waals surface area contributed by atoms with Gasteiger partial charge < -0.3 is 9.47 Å². The lowest BCUT2D eigenvalue weighted by atomic mass is 9.59. The molecule has 112 valence electrons. The van der Waals surface area contributed by atoms with Gasteiger partial charge in [-0.2, -0.15) is 0 Å². The molecular weight excluding hydrogens is 252 g/mol. The van der Waals surface area contributed by atoms with E-state index in [1.807, 2.05) is 0 Å². The van der Waals surface area contributed by atoms with Gasteiger partial charge in [-0.3, -0.25) is 4.79 Å². The lowest BCUT2D eigenvalue weighted by Gasteiger charge is -2.52. The van der Waals surface area contributed by atoms with Crippen LogP contribution in [0, 0.1) is 23.7 Å². The van der Waals surface area contributed by atoms with Gasteiger partial charge >= 0.3 is 5.97 Å². The third-order valence-corrected chi connectivity index (χ3v) is 5.62. The average Bonchev–Trinajstić information content (AvgIpc) is 2.46. The highest BCUT2D eigenvalue weighted by atomic mass is 16.6. The molecule has 0 aromatic rings. The van der Waals surface area contributed by atoms with Crippen LogP contribution in [-0.2, 0) is 14.3 Å². The smallest absolute Gasteiger partial charge is 0.302 e. The SMILES string of the molecule is C=CC1CCOC2C(OC(C)=O)CC3CCCCC3C12. The third-order valence-electron chi connectivity index (χ3n) is 5.62. The average molecular weight is 278 g/mol. The van der Waals surface area contributed by atoms with E-state index in [1.165, 1.54) is 32.6 Å². The number of fused-ring (bicyclic) bond motifs is 3. The van der Waals surface area contributed by atoms with Gasteiger partial charge in [0.1, 0.15) is 6.10 Å². The van der Waals surface area contributed by atoms with Crippen LogP contribution < -0.4 is 0 Å². The van der Waals surface area contributed by atoms with Crippen LogP contribution in [0.1, 0.15) is 45.4 Å². The van der Waals surface area contributed by atoms with Crippen molar-refractivity contribution in [2.45, 2.75) is 57.7 Å². The van der Waals surface area contributed by atoms with Crippen LogP contribution in [-0.4, -0.2) is 24.8 Å². The quantitative estimate of drug-likeness (QED) is 0.574. The molecule has 1 heterocycles. The Hall–Kier alpha value is -0.830. The number of hydrogen-bond acceptors (Lipinski definition) is 3. The summed E-state index contributed by atoms with van der Waals surface area (Å²) >= 11 is 0. The maximum Gasteiger partial charge on any atom is 0.302 e. The molecule has 0 N–H and O–H groups in total. The summed E-state index contributed by atoms with van der Waals surface area (Å²) < 4.78 is 11.7. The summed E-state index contributed by atoms with van der Waals surface area (Å²) in [7, 11) is 0. The number of allylic oxidation sites excluding steroid dienone is 1. The fourth-order valence-corrected chi connectivity index (χ4v) is 4.88. The summed E-state index contributed by atoms with van der Waals surface area (Å²) in [6.07, 6.45) is 9.49. The summed E-state index contributed by atoms with van der Waals surface area (Å²) in [5.41, 5.74) is 0. The number of hydrogen-bond donors (Lipinski definition) is 0. The summed E-state index contributed by atoms with van der Waals surface area (Å²) in [5, 5.41) is 0. The maximum absolute atomic E-state index is 11.4. The van der Waals surface area contributed by atoms with Crippen molar-refractivity contribution in [2.24, 2.45) is 23.7 Å². The highest BCUT2D eigenvalue weighted by molar-refractivity contribution is 5.66. The summed E-state index contributed by atoms with van der Waals surface area (Å²) in [6, 6.07) is 0. The fraction of sp³-hybridized carbons (Fsp3) is 0.824. The Morgan fingerprint density at radius 1 is 1.30 bits per heavy atom. The predicted octanol–water partition coefficient (Wildman–Crippen LogP) is 3.34. The van der Waals surface area contributed by atoms with Crippen molar-refractivity contribution in [3.8, 4) is 0 Å². The molecule has 1 saturated heterocycles. The van der Waals surface area contributed by atoms with Gasteiger partial charge in [0.2, 0.25) is 0 Å². The van der Waals surface area contributed by atoms with Gasteiger partial charge in [-0.1, -0.05) is 25.3 Å². The van der Waals surface area contributed by atoms with Gasteiger partial charge in [0, 0.05) is 13.5 Å². The minimum absolute atomic E-state index is 0.0420. The molecule has 3 aliphatic rings. The second-order valence-corrected chi connectivity index (χ2v) is 6.69. The monoisotopic (exact) mass is 278 g/mol. The summed E-state index contributed by atoms with van der Waals surface area (Å²) in [6.45, 7) is 6.32. The zero-order valence-corrected chi connectivity index (χ0v) is 12.4. The number of ether oxygens (including phenoxy) is 2. The zero-order chi connectivity index (χ0) is 14.1. The van der Waals surface area contributed by atoms with Gasteiger partial charge in [0.15, 0.2) is 0 Å². The molecule has 6 unspecified atom stereocenters. The van der Waals surface area contributed by atoms with Gasteiger partial charge in [0.25, 0.3) is 0 Å². The lowest BCUT2D eigenvalue weighted by Crippen LogP contribution is -2.55. The largest absolute Gasteiger partial charge is 0.460 e. The normalized spacial score (nSPS) is 44.0.